The van der Waals surface area contributed by atoms with Gasteiger partial charge in [-0.1, -0.05) is 101 Å². The van der Waals surface area contributed by atoms with Gasteiger partial charge in [-0.3, -0.25) is 4.79 Å². The average molecular weight is 437 g/mol. The van der Waals surface area contributed by atoms with Gasteiger partial charge in [0.15, 0.2) is 5.78 Å². The normalized spacial score (nSPS) is 13.4. The van der Waals surface area contributed by atoms with Gasteiger partial charge in [0, 0.05) is 23.1 Å². The van der Waals surface area contributed by atoms with Crippen molar-refractivity contribution in [3.8, 4) is 5.75 Å². The number of phenolic OH excluding ortho intramolecular Hbond substituents is 1. The van der Waals surface area contributed by atoms with E-state index in [-0.39, 0.29) is 27.4 Å². The zero-order valence-corrected chi connectivity index (χ0v) is 22.4. The Morgan fingerprint density at radius 3 is 1.47 bits per heavy atom. The number of benzene rings is 2. The van der Waals surface area contributed by atoms with E-state index >= 15 is 0 Å². The summed E-state index contributed by atoms with van der Waals surface area (Å²) in [5, 5.41) is 11.0. The smallest absolute Gasteiger partial charge is 0.167 e. The Morgan fingerprint density at radius 2 is 1.09 bits per heavy atom. The predicted molar refractivity (Wildman–Crippen MR) is 137 cm³/mol. The third kappa shape index (κ3) is 5.82. The zero-order chi connectivity index (χ0) is 24.9. The largest absolute Gasteiger partial charge is 0.507 e. The van der Waals surface area contributed by atoms with E-state index < -0.39 is 0 Å². The molecule has 0 unspecified atom stereocenters. The Hall–Kier alpha value is -2.09. The van der Waals surface area contributed by atoms with E-state index in [4.69, 9.17) is 0 Å². The monoisotopic (exact) mass is 436 g/mol. The number of carbonyl (C=O) groups excluding carboxylic acids is 1. The molecule has 0 aliphatic rings. The summed E-state index contributed by atoms with van der Waals surface area (Å²) in [5.74, 6) is 0.404. The van der Waals surface area contributed by atoms with Gasteiger partial charge in [-0.25, -0.2) is 0 Å². The van der Waals surface area contributed by atoms with Gasteiger partial charge in [0.2, 0.25) is 0 Å². The van der Waals surface area contributed by atoms with Crippen LogP contribution in [-0.4, -0.2) is 10.9 Å². The lowest BCUT2D eigenvalue weighted by atomic mass is 9.76. The molecule has 0 saturated carbocycles. The number of rotatable bonds is 3. The molecule has 0 aliphatic heterocycles. The molecule has 2 nitrogen and oxygen atoms in total. The van der Waals surface area contributed by atoms with Crippen LogP contribution in [0.3, 0.4) is 0 Å². The molecule has 2 rings (SSSR count). The summed E-state index contributed by atoms with van der Waals surface area (Å²) in [6, 6.07) is 10.4. The van der Waals surface area contributed by atoms with Gasteiger partial charge in [0.05, 0.1) is 0 Å². The fraction of sp³-hybridized carbons (Fsp3) is 0.567. The van der Waals surface area contributed by atoms with Gasteiger partial charge in [0.1, 0.15) is 5.75 Å². The van der Waals surface area contributed by atoms with Crippen LogP contribution in [0.25, 0.3) is 0 Å². The minimum atomic E-state index is -0.259. The Balaban J connectivity index is 2.61. The number of carbonyl (C=O) groups is 1. The molecule has 0 fully saturated rings. The first-order chi connectivity index (χ1) is 14.2. The van der Waals surface area contributed by atoms with Gasteiger partial charge in [-0.05, 0) is 50.5 Å². The summed E-state index contributed by atoms with van der Waals surface area (Å²) in [5.41, 5.74) is 5.41. The van der Waals surface area contributed by atoms with E-state index in [2.05, 4.69) is 101 Å². The molecule has 2 heteroatoms. The molecule has 1 N–H and O–H groups in total. The minimum absolute atomic E-state index is 0.0566. The van der Waals surface area contributed by atoms with Gasteiger partial charge >= 0.3 is 0 Å². The molecule has 2 aromatic rings. The number of phenols is 1. The van der Waals surface area contributed by atoms with E-state index in [1.165, 1.54) is 11.1 Å². The summed E-state index contributed by atoms with van der Waals surface area (Å²) in [7, 11) is 0. The quantitative estimate of drug-likeness (QED) is 0.495. The molecule has 0 atom stereocenters. The molecular weight excluding hydrogens is 392 g/mol. The van der Waals surface area contributed by atoms with Crippen molar-refractivity contribution in [1.29, 1.82) is 0 Å². The third-order valence-corrected chi connectivity index (χ3v) is 6.18. The van der Waals surface area contributed by atoms with Crippen LogP contribution in [0.2, 0.25) is 0 Å². The number of aromatic hydroxyl groups is 1. The highest BCUT2D eigenvalue weighted by molar-refractivity contribution is 5.98. The van der Waals surface area contributed by atoms with Crippen LogP contribution in [0, 0.1) is 0 Å². The van der Waals surface area contributed by atoms with E-state index in [0.717, 1.165) is 16.7 Å². The Morgan fingerprint density at radius 1 is 0.656 bits per heavy atom. The van der Waals surface area contributed by atoms with Crippen LogP contribution in [0.1, 0.15) is 121 Å². The molecule has 0 aliphatic carbocycles. The van der Waals surface area contributed by atoms with Crippen molar-refractivity contribution in [1.82, 2.24) is 0 Å². The van der Waals surface area contributed by atoms with Crippen molar-refractivity contribution in [2.45, 2.75) is 111 Å². The molecule has 0 heterocycles. The average Bonchev–Trinajstić information content (AvgIpc) is 2.58. The second-order valence-electron chi connectivity index (χ2n) is 13.4. The first-order valence-electron chi connectivity index (χ1n) is 11.8. The molecule has 176 valence electrons. The number of Topliss-reactive ketones (excluding diaryl/α,β-unsaturated/α-hetero) is 1. The van der Waals surface area contributed by atoms with Crippen LogP contribution >= 0.6 is 0 Å². The zero-order valence-electron chi connectivity index (χ0n) is 22.4. The lowest BCUT2D eigenvalue weighted by Crippen LogP contribution is -2.21. The van der Waals surface area contributed by atoms with Crippen molar-refractivity contribution in [3.05, 3.63) is 63.7 Å². The highest BCUT2D eigenvalue weighted by Gasteiger charge is 2.29. The minimum Gasteiger partial charge on any atom is -0.507 e. The van der Waals surface area contributed by atoms with Crippen molar-refractivity contribution < 1.29 is 9.90 Å². The van der Waals surface area contributed by atoms with Crippen LogP contribution in [0.15, 0.2) is 30.3 Å². The SMILES string of the molecule is CC(C)(C)c1ccc(CC(=O)c2cc(C(C)(C)C)c(O)c(C(C)(C)C)c2)c(C(C)(C)C)c1. The van der Waals surface area contributed by atoms with Crippen molar-refractivity contribution >= 4 is 5.78 Å². The highest BCUT2D eigenvalue weighted by atomic mass is 16.3. The lowest BCUT2D eigenvalue weighted by Gasteiger charge is -2.29. The van der Waals surface area contributed by atoms with E-state index in [9.17, 15) is 9.90 Å². The maximum atomic E-state index is 13.6. The molecule has 32 heavy (non-hydrogen) atoms. The van der Waals surface area contributed by atoms with Gasteiger partial charge in [0.25, 0.3) is 0 Å². The summed E-state index contributed by atoms with van der Waals surface area (Å²) in [6.07, 6.45) is 0.356. The number of hydrogen-bond donors (Lipinski definition) is 1. The first kappa shape index (κ1) is 26.2. The molecule has 0 aromatic heterocycles. The van der Waals surface area contributed by atoms with Crippen molar-refractivity contribution in [3.63, 3.8) is 0 Å². The van der Waals surface area contributed by atoms with E-state index in [1.807, 2.05) is 12.1 Å². The Labute approximate surface area is 196 Å². The fourth-order valence-electron chi connectivity index (χ4n) is 4.11. The van der Waals surface area contributed by atoms with Gasteiger partial charge in [-0.2, -0.15) is 0 Å². The second-order valence-corrected chi connectivity index (χ2v) is 13.4. The summed E-state index contributed by atoms with van der Waals surface area (Å²) < 4.78 is 0. The summed E-state index contributed by atoms with van der Waals surface area (Å²) >= 11 is 0. The highest BCUT2D eigenvalue weighted by Crippen LogP contribution is 2.40. The standard InChI is InChI=1S/C30H44O2/c1-27(2,3)21-14-13-19(22(18-21)28(4,5)6)17-25(31)20-15-23(29(7,8)9)26(32)24(16-20)30(10,11)12/h13-16,18,32H,17H2,1-12H3. The lowest BCUT2D eigenvalue weighted by molar-refractivity contribution is 0.0992. The summed E-state index contributed by atoms with van der Waals surface area (Å²) in [4.78, 5) is 13.6. The molecular formula is C30H44O2. The van der Waals surface area contributed by atoms with Crippen LogP contribution in [0.4, 0.5) is 0 Å². The third-order valence-electron chi connectivity index (χ3n) is 6.18. The summed E-state index contributed by atoms with van der Waals surface area (Å²) in [6.45, 7) is 25.7. The maximum Gasteiger partial charge on any atom is 0.167 e. The molecule has 0 spiro atoms. The van der Waals surface area contributed by atoms with Gasteiger partial charge < -0.3 is 5.11 Å². The topological polar surface area (TPSA) is 37.3 Å². The number of hydrogen-bond acceptors (Lipinski definition) is 2. The Bertz CT molecular complexity index is 962. The second kappa shape index (κ2) is 8.36. The molecule has 0 saturated heterocycles. The van der Waals surface area contributed by atoms with Crippen molar-refractivity contribution in [2.75, 3.05) is 0 Å². The van der Waals surface area contributed by atoms with Gasteiger partial charge in [-0.15, -0.1) is 0 Å². The van der Waals surface area contributed by atoms with Crippen LogP contribution in [0.5, 0.6) is 5.75 Å². The van der Waals surface area contributed by atoms with E-state index in [1.54, 1.807) is 0 Å². The Kier molecular flexibility index (Phi) is 6.83. The maximum absolute atomic E-state index is 13.6. The van der Waals surface area contributed by atoms with Crippen molar-refractivity contribution in [2.24, 2.45) is 0 Å². The predicted octanol–water partition coefficient (Wildman–Crippen LogP) is 8.01. The van der Waals surface area contributed by atoms with Crippen LogP contribution in [-0.2, 0) is 28.1 Å². The molecule has 0 radical (unpaired) electrons. The molecule has 2 aromatic carbocycles. The fourth-order valence-corrected chi connectivity index (χ4v) is 4.11. The van der Waals surface area contributed by atoms with Crippen LogP contribution < -0.4 is 0 Å². The number of ketones is 1. The first-order valence-corrected chi connectivity index (χ1v) is 11.8. The molecule has 0 amide bonds. The van der Waals surface area contributed by atoms with E-state index in [0.29, 0.717) is 17.7 Å². The molecule has 0 bridgehead atoms.